The highest BCUT2D eigenvalue weighted by Crippen LogP contribution is 2.26. The summed E-state index contributed by atoms with van der Waals surface area (Å²) in [6, 6.07) is 12.0. The molecule has 0 unspecified atom stereocenters. The molecule has 2 aromatic carbocycles. The Morgan fingerprint density at radius 3 is 2.74 bits per heavy atom. The molecule has 116 valence electrons. The molecule has 3 N–H and O–H groups in total. The molecule has 6 nitrogen and oxygen atoms in total. The van der Waals surface area contributed by atoms with Crippen LogP contribution in [0.15, 0.2) is 51.7 Å². The van der Waals surface area contributed by atoms with Crippen molar-refractivity contribution in [1.29, 1.82) is 0 Å². The predicted molar refractivity (Wildman–Crippen MR) is 91.2 cm³/mol. The van der Waals surface area contributed by atoms with E-state index < -0.39 is 18.1 Å². The average molecular weight is 374 g/mol. The highest BCUT2D eigenvalue weighted by molar-refractivity contribution is 9.10. The number of para-hydroxylation sites is 2. The number of halogens is 1. The number of nitrogen functional groups attached to an aromatic ring is 1. The highest BCUT2D eigenvalue weighted by atomic mass is 79.9. The molecule has 7 heteroatoms. The van der Waals surface area contributed by atoms with Gasteiger partial charge in [-0.1, -0.05) is 28.1 Å². The number of nitrogens with two attached hydrogens (primary N) is 1. The molecule has 3 rings (SSSR count). The van der Waals surface area contributed by atoms with Crippen LogP contribution >= 0.6 is 15.9 Å². The molecule has 1 aromatic heterocycles. The summed E-state index contributed by atoms with van der Waals surface area (Å²) in [5, 5.41) is 9.10. The minimum Gasteiger partial charge on any atom is -0.480 e. The largest absolute Gasteiger partial charge is 0.480 e. The number of nitrogens with zero attached hydrogens (tertiary/aromatic N) is 2. The van der Waals surface area contributed by atoms with Crippen molar-refractivity contribution in [1.82, 2.24) is 9.55 Å². The first-order valence-electron chi connectivity index (χ1n) is 6.74. The monoisotopic (exact) mass is 373 g/mol. The predicted octanol–water partition coefficient (Wildman–Crippen LogP) is 2.49. The molecular formula is C16H12BrN3O3. The van der Waals surface area contributed by atoms with Crippen LogP contribution in [0, 0.1) is 0 Å². The van der Waals surface area contributed by atoms with Gasteiger partial charge >= 0.3 is 5.97 Å². The second-order valence-electron chi connectivity index (χ2n) is 4.97. The van der Waals surface area contributed by atoms with Gasteiger partial charge in [0.2, 0.25) is 0 Å². The summed E-state index contributed by atoms with van der Waals surface area (Å²) in [5.74, 6) is -1.10. The Morgan fingerprint density at radius 1 is 1.26 bits per heavy atom. The van der Waals surface area contributed by atoms with Crippen molar-refractivity contribution in [2.75, 3.05) is 5.73 Å². The van der Waals surface area contributed by atoms with Crippen LogP contribution in [-0.4, -0.2) is 20.6 Å². The van der Waals surface area contributed by atoms with Crippen LogP contribution in [0.4, 0.5) is 5.69 Å². The third kappa shape index (κ3) is 2.83. The molecule has 0 aliphatic rings. The number of anilines is 1. The van der Waals surface area contributed by atoms with E-state index in [4.69, 9.17) is 10.8 Å². The first kappa shape index (κ1) is 15.2. The van der Waals surface area contributed by atoms with Gasteiger partial charge in [0.25, 0.3) is 5.56 Å². The van der Waals surface area contributed by atoms with Gasteiger partial charge in [-0.25, -0.2) is 4.98 Å². The lowest BCUT2D eigenvalue weighted by atomic mass is 10.1. The molecule has 23 heavy (non-hydrogen) atoms. The van der Waals surface area contributed by atoms with Gasteiger partial charge < -0.3 is 10.8 Å². The van der Waals surface area contributed by atoms with Crippen LogP contribution < -0.4 is 11.3 Å². The quantitative estimate of drug-likeness (QED) is 0.687. The Bertz CT molecular complexity index is 982. The number of hydrogen-bond acceptors (Lipinski definition) is 4. The molecular weight excluding hydrogens is 362 g/mol. The number of carboxylic acid groups (broad SMARTS) is 1. The van der Waals surface area contributed by atoms with E-state index in [-0.39, 0.29) is 5.69 Å². The molecule has 3 aromatic rings. The van der Waals surface area contributed by atoms with E-state index in [9.17, 15) is 9.59 Å². The van der Waals surface area contributed by atoms with Crippen LogP contribution in [0.3, 0.4) is 0 Å². The number of rotatable bonds is 3. The van der Waals surface area contributed by atoms with Crippen molar-refractivity contribution in [3.8, 4) is 11.3 Å². The minimum atomic E-state index is -1.10. The summed E-state index contributed by atoms with van der Waals surface area (Å²) in [4.78, 5) is 28.3. The molecule has 0 saturated heterocycles. The fourth-order valence-corrected chi connectivity index (χ4v) is 2.75. The van der Waals surface area contributed by atoms with E-state index in [1.807, 2.05) is 0 Å². The van der Waals surface area contributed by atoms with Gasteiger partial charge in [-0.15, -0.1) is 0 Å². The van der Waals surface area contributed by atoms with Gasteiger partial charge in [-0.3, -0.25) is 14.2 Å². The molecule has 0 saturated carbocycles. The lowest BCUT2D eigenvalue weighted by molar-refractivity contribution is -0.137. The first-order chi connectivity index (χ1) is 11.0. The Labute approximate surface area is 139 Å². The lowest BCUT2D eigenvalue weighted by Crippen LogP contribution is -2.27. The normalized spacial score (nSPS) is 10.8. The van der Waals surface area contributed by atoms with Gasteiger partial charge in [0.15, 0.2) is 0 Å². The van der Waals surface area contributed by atoms with Crippen molar-refractivity contribution >= 4 is 38.6 Å². The summed E-state index contributed by atoms with van der Waals surface area (Å²) in [7, 11) is 0. The van der Waals surface area contributed by atoms with Crippen molar-refractivity contribution in [2.45, 2.75) is 6.54 Å². The minimum absolute atomic E-state index is 0.128. The summed E-state index contributed by atoms with van der Waals surface area (Å²) in [5.41, 5.74) is 7.46. The third-order valence-corrected chi connectivity index (χ3v) is 3.91. The van der Waals surface area contributed by atoms with E-state index in [0.29, 0.717) is 22.3 Å². The maximum Gasteiger partial charge on any atom is 0.323 e. The molecule has 0 fully saturated rings. The fourth-order valence-electron chi connectivity index (χ4n) is 2.39. The zero-order chi connectivity index (χ0) is 16.6. The topological polar surface area (TPSA) is 98.2 Å². The van der Waals surface area contributed by atoms with Crippen LogP contribution in [0.2, 0.25) is 0 Å². The molecule has 1 heterocycles. The van der Waals surface area contributed by atoms with E-state index in [2.05, 4.69) is 20.9 Å². The molecule has 0 aliphatic heterocycles. The van der Waals surface area contributed by atoms with E-state index in [1.165, 1.54) is 4.57 Å². The number of aromatic nitrogens is 2. The van der Waals surface area contributed by atoms with Gasteiger partial charge in [-0.2, -0.15) is 0 Å². The third-order valence-electron chi connectivity index (χ3n) is 3.42. The van der Waals surface area contributed by atoms with Crippen molar-refractivity contribution in [3.63, 3.8) is 0 Å². The Kier molecular flexibility index (Phi) is 3.87. The number of fused-ring (bicyclic) bond motifs is 1. The van der Waals surface area contributed by atoms with Crippen molar-refractivity contribution < 1.29 is 9.90 Å². The standard InChI is InChI=1S/C16H12BrN3O3/c17-9-5-6-11(18)10(7-9)15-16(23)20(8-14(21)22)13-4-2-1-3-12(13)19-15/h1-7H,8,18H2,(H,21,22). The molecule has 0 aliphatic carbocycles. The van der Waals surface area contributed by atoms with E-state index in [1.54, 1.807) is 42.5 Å². The van der Waals surface area contributed by atoms with Gasteiger partial charge in [0, 0.05) is 15.7 Å². The molecule has 0 spiro atoms. The number of hydrogen-bond donors (Lipinski definition) is 2. The highest BCUT2D eigenvalue weighted by Gasteiger charge is 2.16. The Balaban J connectivity index is 2.38. The maximum atomic E-state index is 12.7. The van der Waals surface area contributed by atoms with Crippen molar-refractivity contribution in [3.05, 3.63) is 57.3 Å². The molecule has 0 atom stereocenters. The zero-order valence-corrected chi connectivity index (χ0v) is 13.4. The van der Waals surface area contributed by atoms with Crippen LogP contribution in [0.1, 0.15) is 0 Å². The smallest absolute Gasteiger partial charge is 0.323 e. The SMILES string of the molecule is Nc1ccc(Br)cc1-c1nc2ccccc2n(CC(=O)O)c1=O. The molecule has 0 amide bonds. The van der Waals surface area contributed by atoms with Crippen molar-refractivity contribution in [2.24, 2.45) is 0 Å². The second-order valence-corrected chi connectivity index (χ2v) is 5.88. The first-order valence-corrected chi connectivity index (χ1v) is 7.53. The van der Waals surface area contributed by atoms with Crippen LogP contribution in [0.5, 0.6) is 0 Å². The number of carbonyl (C=O) groups is 1. The van der Waals surface area contributed by atoms with E-state index >= 15 is 0 Å². The van der Waals surface area contributed by atoms with Crippen LogP contribution in [0.25, 0.3) is 22.3 Å². The number of benzene rings is 2. The number of aliphatic carboxylic acids is 1. The Morgan fingerprint density at radius 2 is 2.00 bits per heavy atom. The summed E-state index contributed by atoms with van der Waals surface area (Å²) < 4.78 is 1.95. The summed E-state index contributed by atoms with van der Waals surface area (Å²) in [6.07, 6.45) is 0. The molecule has 0 bridgehead atoms. The van der Waals surface area contributed by atoms with Crippen LogP contribution in [-0.2, 0) is 11.3 Å². The van der Waals surface area contributed by atoms with Gasteiger partial charge in [0.05, 0.1) is 11.0 Å². The lowest BCUT2D eigenvalue weighted by Gasteiger charge is -2.12. The maximum absolute atomic E-state index is 12.7. The van der Waals surface area contributed by atoms with Gasteiger partial charge in [-0.05, 0) is 30.3 Å². The average Bonchev–Trinajstić information content (AvgIpc) is 2.52. The zero-order valence-electron chi connectivity index (χ0n) is 11.9. The Hall–Kier alpha value is -2.67. The number of carboxylic acids is 1. The second kappa shape index (κ2) is 5.85. The van der Waals surface area contributed by atoms with Gasteiger partial charge in [0.1, 0.15) is 12.2 Å². The summed E-state index contributed by atoms with van der Waals surface area (Å²) >= 11 is 3.34. The molecule has 0 radical (unpaired) electrons. The summed E-state index contributed by atoms with van der Waals surface area (Å²) in [6.45, 7) is -0.442. The van der Waals surface area contributed by atoms with E-state index in [0.717, 1.165) is 4.47 Å². The fraction of sp³-hybridized carbons (Fsp3) is 0.0625.